The van der Waals surface area contributed by atoms with E-state index >= 15 is 0 Å². The van der Waals surface area contributed by atoms with Crippen molar-refractivity contribution in [3.63, 3.8) is 0 Å². The van der Waals surface area contributed by atoms with E-state index in [9.17, 15) is 14.4 Å². The zero-order valence-corrected chi connectivity index (χ0v) is 21.6. The van der Waals surface area contributed by atoms with Crippen LogP contribution in [0.5, 0.6) is 23.0 Å². The van der Waals surface area contributed by atoms with Crippen molar-refractivity contribution in [1.29, 1.82) is 0 Å². The van der Waals surface area contributed by atoms with Gasteiger partial charge in [0, 0.05) is 18.7 Å². The number of thioether (sulfide) groups is 1. The number of rotatable bonds is 12. The van der Waals surface area contributed by atoms with Crippen LogP contribution in [-0.2, 0) is 4.79 Å². The molecule has 0 saturated carbocycles. The van der Waals surface area contributed by atoms with Crippen molar-refractivity contribution in [3.05, 3.63) is 52.4 Å². The summed E-state index contributed by atoms with van der Waals surface area (Å²) >= 11 is 0.837. The average Bonchev–Trinajstić information content (AvgIpc) is 3.15. The lowest BCUT2D eigenvalue weighted by molar-refractivity contribution is -0.122. The fourth-order valence-electron chi connectivity index (χ4n) is 3.45. The summed E-state index contributed by atoms with van der Waals surface area (Å²) in [6.07, 6.45) is 3.61. The van der Waals surface area contributed by atoms with E-state index in [0.717, 1.165) is 29.5 Å². The highest BCUT2D eigenvalue weighted by molar-refractivity contribution is 8.18. The number of nitrogens with zero attached hydrogens (tertiary/aromatic N) is 1. The third-order valence-electron chi connectivity index (χ3n) is 5.36. The number of ether oxygens (including phenoxy) is 4. The van der Waals surface area contributed by atoms with Crippen molar-refractivity contribution in [2.45, 2.75) is 19.8 Å². The minimum Gasteiger partial charge on any atom is -0.494 e. The summed E-state index contributed by atoms with van der Waals surface area (Å²) < 4.78 is 21.6. The number of hydrogen-bond acceptors (Lipinski definition) is 8. The first kappa shape index (κ1) is 26.9. The molecule has 1 heterocycles. The van der Waals surface area contributed by atoms with E-state index in [0.29, 0.717) is 40.7 Å². The van der Waals surface area contributed by atoms with Crippen molar-refractivity contribution in [1.82, 2.24) is 10.2 Å². The van der Waals surface area contributed by atoms with Gasteiger partial charge >= 0.3 is 0 Å². The Balaban J connectivity index is 1.59. The zero-order valence-electron chi connectivity index (χ0n) is 20.8. The normalized spacial score (nSPS) is 14.2. The molecule has 1 aliphatic rings. The van der Waals surface area contributed by atoms with Gasteiger partial charge in [0.15, 0.2) is 11.5 Å². The Morgan fingerprint density at radius 1 is 1.03 bits per heavy atom. The van der Waals surface area contributed by atoms with Crippen LogP contribution < -0.4 is 24.3 Å². The first-order valence-electron chi connectivity index (χ1n) is 11.5. The van der Waals surface area contributed by atoms with E-state index in [1.807, 2.05) is 0 Å². The molecule has 0 atom stereocenters. The van der Waals surface area contributed by atoms with Crippen LogP contribution in [0.15, 0.2) is 41.3 Å². The molecule has 1 aliphatic heterocycles. The summed E-state index contributed by atoms with van der Waals surface area (Å²) in [6, 6.07) is 10.2. The molecule has 9 nitrogen and oxygen atoms in total. The summed E-state index contributed by atoms with van der Waals surface area (Å²) in [7, 11) is 4.50. The Morgan fingerprint density at radius 3 is 2.28 bits per heavy atom. The number of methoxy groups -OCH3 is 3. The van der Waals surface area contributed by atoms with Gasteiger partial charge in [-0.1, -0.05) is 13.3 Å². The molecule has 2 aromatic carbocycles. The molecule has 0 aromatic heterocycles. The van der Waals surface area contributed by atoms with Crippen LogP contribution in [0.3, 0.4) is 0 Å². The van der Waals surface area contributed by atoms with E-state index in [-0.39, 0.29) is 23.9 Å². The van der Waals surface area contributed by atoms with Crippen LogP contribution in [0.25, 0.3) is 6.08 Å². The molecular weight excluding hydrogens is 484 g/mol. The summed E-state index contributed by atoms with van der Waals surface area (Å²) in [5, 5.41) is 2.34. The van der Waals surface area contributed by atoms with E-state index in [1.165, 1.54) is 21.3 Å². The molecule has 1 saturated heterocycles. The molecule has 3 rings (SSSR count). The monoisotopic (exact) mass is 514 g/mol. The molecular formula is C26H30N2O7S. The highest BCUT2D eigenvalue weighted by Crippen LogP contribution is 2.40. The smallest absolute Gasteiger partial charge is 0.293 e. The molecule has 36 heavy (non-hydrogen) atoms. The van der Waals surface area contributed by atoms with Gasteiger partial charge in [0.25, 0.3) is 17.1 Å². The Hall–Kier alpha value is -3.66. The van der Waals surface area contributed by atoms with Gasteiger partial charge in [-0.25, -0.2) is 0 Å². The number of carbonyl (C=O) groups excluding carboxylic acids is 3. The van der Waals surface area contributed by atoms with Crippen molar-refractivity contribution in [3.8, 4) is 23.0 Å². The Labute approximate surface area is 214 Å². The third-order valence-corrected chi connectivity index (χ3v) is 6.27. The van der Waals surface area contributed by atoms with Crippen molar-refractivity contribution in [2.24, 2.45) is 0 Å². The summed E-state index contributed by atoms with van der Waals surface area (Å²) in [5.41, 5.74) is 1.08. The zero-order chi connectivity index (χ0) is 26.1. The van der Waals surface area contributed by atoms with Crippen LogP contribution >= 0.6 is 11.8 Å². The second-order valence-corrected chi connectivity index (χ2v) is 8.77. The van der Waals surface area contributed by atoms with E-state index < -0.39 is 11.1 Å². The first-order valence-corrected chi connectivity index (χ1v) is 12.3. The van der Waals surface area contributed by atoms with Crippen LogP contribution in [0.4, 0.5) is 4.79 Å². The predicted molar refractivity (Wildman–Crippen MR) is 138 cm³/mol. The number of unbranched alkanes of at least 4 members (excludes halogenated alkanes) is 1. The van der Waals surface area contributed by atoms with E-state index in [2.05, 4.69) is 12.2 Å². The number of hydrogen-bond donors (Lipinski definition) is 1. The molecule has 10 heteroatoms. The van der Waals surface area contributed by atoms with Gasteiger partial charge in [-0.05, 0) is 66.2 Å². The molecule has 2 aromatic rings. The van der Waals surface area contributed by atoms with Crippen LogP contribution in [-0.4, -0.2) is 63.0 Å². The average molecular weight is 515 g/mol. The summed E-state index contributed by atoms with van der Waals surface area (Å²) in [4.78, 5) is 39.1. The molecule has 1 fully saturated rings. The number of nitrogens with one attached hydrogen (secondary N) is 1. The summed E-state index contributed by atoms with van der Waals surface area (Å²) in [6.45, 7) is 2.91. The van der Waals surface area contributed by atoms with Crippen LogP contribution in [0.1, 0.15) is 35.7 Å². The molecule has 1 N–H and O–H groups in total. The van der Waals surface area contributed by atoms with Gasteiger partial charge < -0.3 is 24.3 Å². The lowest BCUT2D eigenvalue weighted by atomic mass is 10.1. The van der Waals surface area contributed by atoms with Gasteiger partial charge in [-0.3, -0.25) is 19.3 Å². The van der Waals surface area contributed by atoms with Gasteiger partial charge in [-0.2, -0.15) is 0 Å². The molecule has 192 valence electrons. The molecule has 0 bridgehead atoms. The number of imide groups is 1. The first-order chi connectivity index (χ1) is 17.4. The fraction of sp³-hybridized carbons (Fsp3) is 0.346. The summed E-state index contributed by atoms with van der Waals surface area (Å²) in [5.74, 6) is 1.28. The van der Waals surface area contributed by atoms with Crippen molar-refractivity contribution >= 4 is 34.9 Å². The van der Waals surface area contributed by atoms with E-state index in [4.69, 9.17) is 18.9 Å². The molecule has 0 radical (unpaired) electrons. The maximum atomic E-state index is 12.8. The maximum absolute atomic E-state index is 12.8. The molecule has 0 unspecified atom stereocenters. The number of amides is 3. The number of benzene rings is 2. The second-order valence-electron chi connectivity index (χ2n) is 7.77. The van der Waals surface area contributed by atoms with Crippen molar-refractivity contribution in [2.75, 3.05) is 41.0 Å². The maximum Gasteiger partial charge on any atom is 0.293 e. The molecule has 0 aliphatic carbocycles. The topological polar surface area (TPSA) is 103 Å². The van der Waals surface area contributed by atoms with E-state index in [1.54, 1.807) is 42.5 Å². The van der Waals surface area contributed by atoms with Gasteiger partial charge in [0.1, 0.15) is 5.75 Å². The third kappa shape index (κ3) is 6.51. The molecule has 3 amide bonds. The van der Waals surface area contributed by atoms with Crippen LogP contribution in [0.2, 0.25) is 0 Å². The van der Waals surface area contributed by atoms with Crippen LogP contribution in [0, 0.1) is 0 Å². The Bertz CT molecular complexity index is 1110. The quantitative estimate of drug-likeness (QED) is 0.329. The lowest BCUT2D eigenvalue weighted by Gasteiger charge is -2.14. The molecule has 0 spiro atoms. The lowest BCUT2D eigenvalue weighted by Crippen LogP contribution is -2.37. The number of carbonyl (C=O) groups is 3. The van der Waals surface area contributed by atoms with Gasteiger partial charge in [-0.15, -0.1) is 0 Å². The SMILES string of the molecule is CCCCOc1ccc(C(=O)NCCN2C(=O)SC(=Cc3cc(OC)c(OC)c(OC)c3)C2=O)cc1. The highest BCUT2D eigenvalue weighted by Gasteiger charge is 2.34. The fourth-order valence-corrected chi connectivity index (χ4v) is 4.31. The minimum atomic E-state index is -0.429. The largest absolute Gasteiger partial charge is 0.494 e. The van der Waals surface area contributed by atoms with Crippen molar-refractivity contribution < 1.29 is 33.3 Å². The Morgan fingerprint density at radius 2 is 1.69 bits per heavy atom. The van der Waals surface area contributed by atoms with Gasteiger partial charge in [0.05, 0.1) is 32.8 Å². The minimum absolute atomic E-state index is 0.0568. The second kappa shape index (κ2) is 12.9. The predicted octanol–water partition coefficient (Wildman–Crippen LogP) is 4.36. The highest BCUT2D eigenvalue weighted by atomic mass is 32.2. The van der Waals surface area contributed by atoms with Gasteiger partial charge in [0.2, 0.25) is 5.75 Å². The Kier molecular flexibility index (Phi) is 9.63. The standard InChI is InChI=1S/C26H30N2O7S/c1-5-6-13-35-19-9-7-18(8-10-19)24(29)27-11-12-28-25(30)22(36-26(28)31)16-17-14-20(32-2)23(34-4)21(15-17)33-3/h7-10,14-16H,5-6,11-13H2,1-4H3,(H,27,29).